The predicted molar refractivity (Wildman–Crippen MR) is 188 cm³/mol. The second-order valence-corrected chi connectivity index (χ2v) is 14.7. The number of anilines is 2. The van der Waals surface area contributed by atoms with Crippen molar-refractivity contribution in [2.75, 3.05) is 51.1 Å². The van der Waals surface area contributed by atoms with Gasteiger partial charge in [0.2, 0.25) is 10.0 Å². The van der Waals surface area contributed by atoms with E-state index in [0.717, 1.165) is 6.42 Å². The number of aliphatic hydroxyl groups is 1. The maximum atomic E-state index is 14.4. The van der Waals surface area contributed by atoms with Crippen LogP contribution < -0.4 is 20.1 Å². The van der Waals surface area contributed by atoms with Crippen LogP contribution in [0, 0.1) is 19.8 Å². The van der Waals surface area contributed by atoms with E-state index in [4.69, 9.17) is 18.7 Å². The molecule has 1 aliphatic rings. The number of rotatable bonds is 9. The third-order valence-corrected chi connectivity index (χ3v) is 10.8. The molecule has 15 heteroatoms. The van der Waals surface area contributed by atoms with Gasteiger partial charge in [-0.3, -0.25) is 4.79 Å². The van der Waals surface area contributed by atoms with E-state index in [0.29, 0.717) is 42.3 Å². The molecule has 4 atom stereocenters. The van der Waals surface area contributed by atoms with Crippen molar-refractivity contribution in [3.8, 4) is 11.5 Å². The highest BCUT2D eigenvalue weighted by Crippen LogP contribution is 2.29. The number of carbonyl (C=O) groups excluding carboxylic acids is 2. The molecule has 0 spiro atoms. The SMILES string of the molecule is COc1ccc(NC(=O)Nc2ccc3c(c2)C(=O)N([C@H](C)CO)C[C@H](C)[C@@H](CN(C)S(=O)(=O)c2c(C)noc2C)OCCCC[C@@H](C)O3)cc1. The molecule has 3 N–H and O–H groups in total. The lowest BCUT2D eigenvalue weighted by molar-refractivity contribution is -0.00835. The van der Waals surface area contributed by atoms with Crippen molar-refractivity contribution in [2.24, 2.45) is 5.92 Å². The van der Waals surface area contributed by atoms with E-state index in [2.05, 4.69) is 15.8 Å². The molecule has 274 valence electrons. The number of aliphatic hydroxyl groups excluding tert-OH is 1. The first-order valence-electron chi connectivity index (χ1n) is 16.7. The van der Waals surface area contributed by atoms with E-state index < -0.39 is 34.1 Å². The monoisotopic (exact) mass is 715 g/mol. The number of likely N-dealkylation sites (N-methyl/N-ethyl adjacent to an activating group) is 1. The molecule has 0 unspecified atom stereocenters. The molecule has 0 saturated carbocycles. The van der Waals surface area contributed by atoms with Crippen LogP contribution in [0.2, 0.25) is 0 Å². The fourth-order valence-electron chi connectivity index (χ4n) is 5.78. The summed E-state index contributed by atoms with van der Waals surface area (Å²) in [4.78, 5) is 28.9. The van der Waals surface area contributed by atoms with Gasteiger partial charge in [0.1, 0.15) is 22.1 Å². The summed E-state index contributed by atoms with van der Waals surface area (Å²) in [5, 5.41) is 19.6. The minimum Gasteiger partial charge on any atom is -0.497 e. The van der Waals surface area contributed by atoms with Crippen LogP contribution in [0.1, 0.15) is 61.8 Å². The van der Waals surface area contributed by atoms with Crippen LogP contribution in [0.15, 0.2) is 51.9 Å². The standard InChI is InChI=1S/C35H49N5O9S/c1-22-19-40(23(2)21-41)34(42)30-18-28(37-35(43)36-27-11-14-29(46-7)15-12-27)13-16-31(30)48-24(3)10-8-9-17-47-32(22)20-39(6)50(44,45)33-25(4)38-49-26(33)5/h11-16,18,22-24,32,41H,8-10,17,19-21H2,1-7H3,(H2,36,37,43)/t22-,23+,24+,32+/m0/s1. The topological polar surface area (TPSA) is 173 Å². The first kappa shape index (κ1) is 38.6. The van der Waals surface area contributed by atoms with E-state index in [1.165, 1.54) is 16.3 Å². The molecule has 0 bridgehead atoms. The van der Waals surface area contributed by atoms with Gasteiger partial charge in [-0.1, -0.05) is 12.1 Å². The van der Waals surface area contributed by atoms with Gasteiger partial charge in [-0.25, -0.2) is 13.2 Å². The Morgan fingerprint density at radius 3 is 2.44 bits per heavy atom. The van der Waals surface area contributed by atoms with Crippen molar-refractivity contribution < 1.29 is 41.8 Å². The number of ether oxygens (including phenoxy) is 3. The largest absolute Gasteiger partial charge is 0.497 e. The Morgan fingerprint density at radius 1 is 1.12 bits per heavy atom. The smallest absolute Gasteiger partial charge is 0.323 e. The first-order chi connectivity index (χ1) is 23.7. The molecule has 14 nitrogen and oxygen atoms in total. The second kappa shape index (κ2) is 17.2. The normalized spacial score (nSPS) is 20.0. The molecular formula is C35H49N5O9S. The molecule has 0 aliphatic carbocycles. The fourth-order valence-corrected chi connectivity index (χ4v) is 7.25. The number of fused-ring (bicyclic) bond motifs is 1. The summed E-state index contributed by atoms with van der Waals surface area (Å²) in [6, 6.07) is 10.6. The van der Waals surface area contributed by atoms with Crippen molar-refractivity contribution in [3.63, 3.8) is 0 Å². The molecule has 0 fully saturated rings. The van der Waals surface area contributed by atoms with Crippen molar-refractivity contribution in [1.29, 1.82) is 0 Å². The average molecular weight is 716 g/mol. The van der Waals surface area contributed by atoms with E-state index in [-0.39, 0.29) is 53.6 Å². The fraction of sp³-hybridized carbons (Fsp3) is 0.514. The molecule has 3 amide bonds. The predicted octanol–water partition coefficient (Wildman–Crippen LogP) is 5.06. The number of aryl methyl sites for hydroxylation is 2. The average Bonchev–Trinajstić information content (AvgIpc) is 3.44. The maximum Gasteiger partial charge on any atom is 0.323 e. The third-order valence-electron chi connectivity index (χ3n) is 8.73. The quantitative estimate of drug-likeness (QED) is 0.272. The number of hydrogen-bond acceptors (Lipinski definition) is 10. The molecule has 0 saturated heterocycles. The van der Waals surface area contributed by atoms with Gasteiger partial charge >= 0.3 is 6.03 Å². The summed E-state index contributed by atoms with van der Waals surface area (Å²) < 4.78 is 51.3. The zero-order chi connectivity index (χ0) is 36.6. The minimum absolute atomic E-state index is 0.0105. The van der Waals surface area contributed by atoms with Crippen molar-refractivity contribution in [2.45, 2.75) is 77.0 Å². The Kier molecular flexibility index (Phi) is 13.3. The highest BCUT2D eigenvalue weighted by Gasteiger charge is 2.34. The lowest BCUT2D eigenvalue weighted by atomic mass is 10.0. The van der Waals surface area contributed by atoms with Crippen molar-refractivity contribution >= 4 is 33.3 Å². The number of aromatic nitrogens is 1. The zero-order valence-electron chi connectivity index (χ0n) is 29.8. The van der Waals surface area contributed by atoms with E-state index in [9.17, 15) is 23.1 Å². The summed E-state index contributed by atoms with van der Waals surface area (Å²) in [6.07, 6.45) is 1.33. The van der Waals surface area contributed by atoms with Gasteiger partial charge in [0, 0.05) is 44.0 Å². The summed E-state index contributed by atoms with van der Waals surface area (Å²) >= 11 is 0. The van der Waals surface area contributed by atoms with Gasteiger partial charge in [-0.05, 0) is 89.4 Å². The number of sulfonamides is 1. The summed E-state index contributed by atoms with van der Waals surface area (Å²) in [6.45, 7) is 8.87. The van der Waals surface area contributed by atoms with Crippen LogP contribution >= 0.6 is 0 Å². The lowest BCUT2D eigenvalue weighted by Crippen LogP contribution is -2.48. The summed E-state index contributed by atoms with van der Waals surface area (Å²) in [5.41, 5.74) is 1.38. The van der Waals surface area contributed by atoms with E-state index >= 15 is 0 Å². The number of nitrogens with one attached hydrogen (secondary N) is 2. The maximum absolute atomic E-state index is 14.4. The lowest BCUT2D eigenvalue weighted by Gasteiger charge is -2.35. The highest BCUT2D eigenvalue weighted by molar-refractivity contribution is 7.89. The van der Waals surface area contributed by atoms with Gasteiger partial charge in [0.15, 0.2) is 5.76 Å². The molecule has 4 rings (SSSR count). The molecule has 2 aromatic carbocycles. The van der Waals surface area contributed by atoms with Crippen LogP contribution in [-0.4, -0.2) is 98.5 Å². The molecule has 50 heavy (non-hydrogen) atoms. The number of benzene rings is 2. The van der Waals surface area contributed by atoms with Gasteiger partial charge in [-0.15, -0.1) is 0 Å². The van der Waals surface area contributed by atoms with Crippen LogP contribution in [0.5, 0.6) is 11.5 Å². The van der Waals surface area contributed by atoms with E-state index in [1.54, 1.807) is 70.3 Å². The molecule has 0 radical (unpaired) electrons. The van der Waals surface area contributed by atoms with Gasteiger partial charge in [0.05, 0.1) is 37.5 Å². The zero-order valence-corrected chi connectivity index (χ0v) is 30.6. The number of amides is 3. The third kappa shape index (κ3) is 9.53. The Labute approximate surface area is 294 Å². The van der Waals surface area contributed by atoms with E-state index in [1.807, 2.05) is 13.8 Å². The number of carbonyl (C=O) groups is 2. The molecular weight excluding hydrogens is 666 g/mol. The molecule has 3 aromatic rings. The van der Waals surface area contributed by atoms with Crippen LogP contribution in [0.3, 0.4) is 0 Å². The van der Waals surface area contributed by atoms with Crippen LogP contribution in [-0.2, 0) is 14.8 Å². The Balaban J connectivity index is 1.62. The summed E-state index contributed by atoms with van der Waals surface area (Å²) in [5.74, 6) is 0.412. The number of methoxy groups -OCH3 is 1. The van der Waals surface area contributed by atoms with Crippen molar-refractivity contribution in [3.05, 3.63) is 59.5 Å². The van der Waals surface area contributed by atoms with Gasteiger partial charge < -0.3 is 39.4 Å². The summed E-state index contributed by atoms with van der Waals surface area (Å²) in [7, 11) is -0.917. The van der Waals surface area contributed by atoms with Crippen LogP contribution in [0.4, 0.5) is 16.2 Å². The Morgan fingerprint density at radius 2 is 1.80 bits per heavy atom. The van der Waals surface area contributed by atoms with Crippen LogP contribution in [0.25, 0.3) is 0 Å². The van der Waals surface area contributed by atoms with Gasteiger partial charge in [0.25, 0.3) is 5.91 Å². The molecule has 1 aliphatic heterocycles. The number of hydrogen-bond donors (Lipinski definition) is 3. The number of nitrogens with zero attached hydrogens (tertiary/aromatic N) is 3. The first-order valence-corrected chi connectivity index (χ1v) is 18.1. The molecule has 2 heterocycles. The molecule has 1 aromatic heterocycles. The minimum atomic E-state index is -3.96. The highest BCUT2D eigenvalue weighted by atomic mass is 32.2. The Hall–Kier alpha value is -4.18. The van der Waals surface area contributed by atoms with Gasteiger partial charge in [-0.2, -0.15) is 4.31 Å². The van der Waals surface area contributed by atoms with Crippen molar-refractivity contribution in [1.82, 2.24) is 14.4 Å². The second-order valence-electron chi connectivity index (χ2n) is 12.8. The Bertz CT molecular complexity index is 1690. The number of urea groups is 1.